The van der Waals surface area contributed by atoms with Crippen LogP contribution < -0.4 is 10.9 Å². The van der Waals surface area contributed by atoms with Crippen LogP contribution in [0.1, 0.15) is 21.1 Å². The molecule has 0 atom stereocenters. The maximum absolute atomic E-state index is 12.9. The van der Waals surface area contributed by atoms with Crippen molar-refractivity contribution in [2.45, 2.75) is 19.5 Å². The van der Waals surface area contributed by atoms with Crippen molar-refractivity contribution < 1.29 is 9.59 Å². The Labute approximate surface area is 185 Å². The van der Waals surface area contributed by atoms with Crippen LogP contribution in [0.2, 0.25) is 0 Å². The minimum atomic E-state index is -0.389. The predicted molar refractivity (Wildman–Crippen MR) is 117 cm³/mol. The molecule has 11 heteroatoms. The van der Waals surface area contributed by atoms with Gasteiger partial charge in [0, 0.05) is 30.2 Å². The number of benzene rings is 1. The first-order valence-electron chi connectivity index (χ1n) is 9.86. The van der Waals surface area contributed by atoms with Gasteiger partial charge in [0.1, 0.15) is 12.2 Å². The summed E-state index contributed by atoms with van der Waals surface area (Å²) in [6.07, 6.45) is 6.30. The number of rotatable bonds is 4. The Balaban J connectivity index is 1.28. The van der Waals surface area contributed by atoms with E-state index in [0.717, 1.165) is 10.6 Å². The molecule has 160 valence electrons. The van der Waals surface area contributed by atoms with Crippen LogP contribution in [0.25, 0.3) is 10.9 Å². The van der Waals surface area contributed by atoms with Gasteiger partial charge in [-0.1, -0.05) is 23.5 Å². The van der Waals surface area contributed by atoms with E-state index in [1.54, 1.807) is 23.1 Å². The quantitative estimate of drug-likeness (QED) is 0.503. The first kappa shape index (κ1) is 19.9. The second-order valence-electron chi connectivity index (χ2n) is 7.19. The van der Waals surface area contributed by atoms with Gasteiger partial charge in [-0.2, -0.15) is 0 Å². The molecule has 1 aliphatic heterocycles. The van der Waals surface area contributed by atoms with Crippen LogP contribution in [0, 0.1) is 0 Å². The number of carbonyl (C=O) groups is 2. The number of hydrogen-bond donors (Lipinski definition) is 1. The van der Waals surface area contributed by atoms with Gasteiger partial charge >= 0.3 is 0 Å². The van der Waals surface area contributed by atoms with Crippen molar-refractivity contribution in [2.24, 2.45) is 0 Å². The molecule has 32 heavy (non-hydrogen) atoms. The number of fused-ring (bicyclic) bond motifs is 2. The smallest absolute Gasteiger partial charge is 0.277 e. The number of aromatic nitrogens is 5. The second-order valence-corrected chi connectivity index (χ2v) is 8.28. The summed E-state index contributed by atoms with van der Waals surface area (Å²) in [5, 5.41) is 3.67. The van der Waals surface area contributed by atoms with E-state index in [-0.39, 0.29) is 29.6 Å². The number of amides is 2. The van der Waals surface area contributed by atoms with Crippen LogP contribution >= 0.6 is 11.3 Å². The maximum Gasteiger partial charge on any atom is 0.277 e. The molecule has 1 aromatic carbocycles. The van der Waals surface area contributed by atoms with Gasteiger partial charge in [-0.3, -0.25) is 29.3 Å². The summed E-state index contributed by atoms with van der Waals surface area (Å²) in [5.74, 6) is -0.561. The van der Waals surface area contributed by atoms with Crippen LogP contribution in [0.3, 0.4) is 0 Å². The molecule has 0 fully saturated rings. The van der Waals surface area contributed by atoms with Gasteiger partial charge in [0.15, 0.2) is 5.13 Å². The fourth-order valence-electron chi connectivity index (χ4n) is 3.50. The van der Waals surface area contributed by atoms with Crippen molar-refractivity contribution >= 4 is 39.2 Å². The van der Waals surface area contributed by atoms with E-state index >= 15 is 0 Å². The van der Waals surface area contributed by atoms with Gasteiger partial charge in [-0.15, -0.1) is 0 Å². The van der Waals surface area contributed by atoms with Crippen molar-refractivity contribution in [2.75, 3.05) is 11.9 Å². The molecular weight excluding hydrogens is 430 g/mol. The Hall–Kier alpha value is -3.99. The summed E-state index contributed by atoms with van der Waals surface area (Å²) in [4.78, 5) is 57.0. The topological polar surface area (TPSA) is 123 Å². The standard InChI is InChI=1S/C21H17N7O3S/c29-18(11-28-12-24-14-4-2-1-3-13(14)20(28)31)27-8-5-15-17(10-27)32-21(25-15)26-19(30)16-9-22-6-7-23-16/h1-4,6-7,9,12H,5,8,10-11H2,(H,25,26,30). The fourth-order valence-corrected chi connectivity index (χ4v) is 4.52. The van der Waals surface area contributed by atoms with Crippen LogP contribution in [0.4, 0.5) is 5.13 Å². The van der Waals surface area contributed by atoms with E-state index in [1.165, 1.54) is 40.8 Å². The van der Waals surface area contributed by atoms with Gasteiger partial charge in [0.05, 0.1) is 35.7 Å². The molecule has 0 aliphatic carbocycles. The molecule has 0 unspecified atom stereocenters. The lowest BCUT2D eigenvalue weighted by Crippen LogP contribution is -2.39. The van der Waals surface area contributed by atoms with Gasteiger partial charge in [0.2, 0.25) is 5.91 Å². The van der Waals surface area contributed by atoms with E-state index in [9.17, 15) is 14.4 Å². The van der Waals surface area contributed by atoms with Gasteiger partial charge < -0.3 is 4.90 Å². The van der Waals surface area contributed by atoms with Crippen molar-refractivity contribution in [3.63, 3.8) is 0 Å². The number of para-hydroxylation sites is 1. The Morgan fingerprint density at radius 3 is 2.88 bits per heavy atom. The van der Waals surface area contributed by atoms with Crippen LogP contribution in [0.5, 0.6) is 0 Å². The zero-order valence-electron chi connectivity index (χ0n) is 16.8. The Morgan fingerprint density at radius 1 is 1.16 bits per heavy atom. The fraction of sp³-hybridized carbons (Fsp3) is 0.190. The molecule has 0 saturated heterocycles. The average molecular weight is 447 g/mol. The van der Waals surface area contributed by atoms with Crippen molar-refractivity contribution in [3.05, 3.63) is 75.8 Å². The summed E-state index contributed by atoms with van der Waals surface area (Å²) in [6, 6.07) is 7.05. The first-order chi connectivity index (χ1) is 15.6. The van der Waals surface area contributed by atoms with Crippen LogP contribution in [0.15, 0.2) is 54.0 Å². The van der Waals surface area contributed by atoms with E-state index in [0.29, 0.717) is 35.5 Å². The molecule has 10 nitrogen and oxygen atoms in total. The lowest BCUT2D eigenvalue weighted by atomic mass is 10.2. The number of hydrogen-bond acceptors (Lipinski definition) is 8. The Bertz CT molecular complexity index is 1380. The highest BCUT2D eigenvalue weighted by atomic mass is 32.1. The zero-order valence-corrected chi connectivity index (χ0v) is 17.6. The molecule has 5 rings (SSSR count). The largest absolute Gasteiger partial charge is 0.336 e. The number of thiazole rings is 1. The Morgan fingerprint density at radius 2 is 2.03 bits per heavy atom. The molecule has 0 saturated carbocycles. The molecule has 1 aliphatic rings. The molecule has 3 aromatic heterocycles. The highest BCUT2D eigenvalue weighted by molar-refractivity contribution is 7.15. The summed E-state index contributed by atoms with van der Waals surface area (Å²) >= 11 is 1.32. The minimum Gasteiger partial charge on any atom is -0.336 e. The van der Waals surface area contributed by atoms with Gasteiger partial charge in [-0.25, -0.2) is 15.0 Å². The lowest BCUT2D eigenvalue weighted by Gasteiger charge is -2.26. The maximum atomic E-state index is 12.9. The highest BCUT2D eigenvalue weighted by Gasteiger charge is 2.25. The predicted octanol–water partition coefficient (Wildman–Crippen LogP) is 1.48. The van der Waals surface area contributed by atoms with Crippen molar-refractivity contribution in [1.82, 2.24) is 29.4 Å². The average Bonchev–Trinajstić information content (AvgIpc) is 3.23. The van der Waals surface area contributed by atoms with Gasteiger partial charge in [0.25, 0.3) is 11.5 Å². The molecule has 1 N–H and O–H groups in total. The number of nitrogens with one attached hydrogen (secondary N) is 1. The second kappa shape index (κ2) is 8.27. The molecule has 0 spiro atoms. The third-order valence-corrected chi connectivity index (χ3v) is 6.14. The van der Waals surface area contributed by atoms with Crippen LogP contribution in [-0.2, 0) is 24.3 Å². The van der Waals surface area contributed by atoms with Crippen LogP contribution in [-0.4, -0.2) is 47.8 Å². The summed E-state index contributed by atoms with van der Waals surface area (Å²) in [6.45, 7) is 0.784. The third kappa shape index (κ3) is 3.85. The molecule has 4 aromatic rings. The van der Waals surface area contributed by atoms with E-state index in [1.807, 2.05) is 6.07 Å². The minimum absolute atomic E-state index is 0.0823. The molecule has 2 amide bonds. The molecule has 4 heterocycles. The zero-order chi connectivity index (χ0) is 22.1. The number of nitrogens with zero attached hydrogens (tertiary/aromatic N) is 6. The van der Waals surface area contributed by atoms with E-state index in [4.69, 9.17) is 0 Å². The SMILES string of the molecule is O=C(Nc1nc2c(s1)CN(C(=O)Cn1cnc3ccccc3c1=O)CC2)c1cnccn1. The molecule has 0 radical (unpaired) electrons. The monoisotopic (exact) mass is 447 g/mol. The summed E-state index contributed by atoms with van der Waals surface area (Å²) < 4.78 is 1.33. The number of carbonyl (C=O) groups excluding carboxylic acids is 2. The van der Waals surface area contributed by atoms with E-state index < -0.39 is 0 Å². The third-order valence-electron chi connectivity index (χ3n) is 5.14. The van der Waals surface area contributed by atoms with Crippen molar-refractivity contribution in [1.29, 1.82) is 0 Å². The lowest BCUT2D eigenvalue weighted by molar-refractivity contribution is -0.132. The first-order valence-corrected chi connectivity index (χ1v) is 10.7. The van der Waals surface area contributed by atoms with E-state index in [2.05, 4.69) is 25.3 Å². The normalized spacial score (nSPS) is 13.1. The molecular formula is C21H17N7O3S. The van der Waals surface area contributed by atoms with Gasteiger partial charge in [-0.05, 0) is 12.1 Å². The van der Waals surface area contributed by atoms with Crippen molar-refractivity contribution in [3.8, 4) is 0 Å². The Kier molecular flexibility index (Phi) is 5.15. The number of anilines is 1. The summed E-state index contributed by atoms with van der Waals surface area (Å²) in [7, 11) is 0. The summed E-state index contributed by atoms with van der Waals surface area (Å²) in [5.41, 5.74) is 1.42. The highest BCUT2D eigenvalue weighted by Crippen LogP contribution is 2.28. The molecule has 0 bridgehead atoms.